The van der Waals surface area contributed by atoms with Gasteiger partial charge in [0.25, 0.3) is 0 Å². The van der Waals surface area contributed by atoms with Crippen molar-refractivity contribution >= 4 is 10.0 Å². The Kier molecular flexibility index (Phi) is 2.77. The van der Waals surface area contributed by atoms with E-state index in [-0.39, 0.29) is 10.9 Å². The molecule has 2 rings (SSSR count). The minimum atomic E-state index is -3.41. The van der Waals surface area contributed by atoms with Crippen LogP contribution in [0.25, 0.3) is 0 Å². The minimum absolute atomic E-state index is 0.0493. The average Bonchev–Trinajstić information content (AvgIpc) is 2.76. The summed E-state index contributed by atoms with van der Waals surface area (Å²) in [5.74, 6) is 0. The highest BCUT2D eigenvalue weighted by Crippen LogP contribution is 2.22. The number of rotatable bonds is 2. The molecule has 2 N–H and O–H groups in total. The second kappa shape index (κ2) is 3.83. The SMILES string of the molecule is Cc1c(S(=O)(=O)N2CCC(N)C2)cnn1C. The summed E-state index contributed by atoms with van der Waals surface area (Å²) in [6.45, 7) is 2.64. The van der Waals surface area contributed by atoms with Crippen molar-refractivity contribution in [3.8, 4) is 0 Å². The molecule has 1 aliphatic rings. The van der Waals surface area contributed by atoms with Gasteiger partial charge in [0.05, 0.1) is 11.9 Å². The molecule has 0 bridgehead atoms. The number of aromatic nitrogens is 2. The van der Waals surface area contributed by atoms with E-state index in [2.05, 4.69) is 5.10 Å². The van der Waals surface area contributed by atoms with Crippen molar-refractivity contribution in [1.82, 2.24) is 14.1 Å². The van der Waals surface area contributed by atoms with Crippen LogP contribution in [-0.4, -0.2) is 41.6 Å². The lowest BCUT2D eigenvalue weighted by Crippen LogP contribution is -2.32. The van der Waals surface area contributed by atoms with E-state index >= 15 is 0 Å². The van der Waals surface area contributed by atoms with Crippen LogP contribution >= 0.6 is 0 Å². The Bertz CT molecular complexity index is 494. The molecule has 1 atom stereocenters. The first-order chi connectivity index (χ1) is 7.43. The van der Waals surface area contributed by atoms with Crippen LogP contribution in [0, 0.1) is 6.92 Å². The lowest BCUT2D eigenvalue weighted by atomic mass is 10.3. The van der Waals surface area contributed by atoms with Crippen LogP contribution < -0.4 is 5.73 Å². The predicted molar refractivity (Wildman–Crippen MR) is 59.3 cm³/mol. The summed E-state index contributed by atoms with van der Waals surface area (Å²) >= 11 is 0. The van der Waals surface area contributed by atoms with Gasteiger partial charge < -0.3 is 5.73 Å². The third kappa shape index (κ3) is 1.74. The van der Waals surface area contributed by atoms with Crippen molar-refractivity contribution in [1.29, 1.82) is 0 Å². The molecule has 90 valence electrons. The topological polar surface area (TPSA) is 81.2 Å². The van der Waals surface area contributed by atoms with Crippen molar-refractivity contribution in [2.45, 2.75) is 24.3 Å². The van der Waals surface area contributed by atoms with Gasteiger partial charge in [-0.15, -0.1) is 0 Å². The van der Waals surface area contributed by atoms with Gasteiger partial charge in [0, 0.05) is 26.2 Å². The van der Waals surface area contributed by atoms with E-state index in [1.54, 1.807) is 18.7 Å². The molecular formula is C9H16N4O2S. The highest BCUT2D eigenvalue weighted by molar-refractivity contribution is 7.89. The van der Waals surface area contributed by atoms with E-state index in [4.69, 9.17) is 5.73 Å². The second-order valence-electron chi connectivity index (χ2n) is 4.13. The molecule has 1 aromatic rings. The van der Waals surface area contributed by atoms with Crippen LogP contribution in [0.2, 0.25) is 0 Å². The molecule has 2 heterocycles. The van der Waals surface area contributed by atoms with Gasteiger partial charge in [-0.05, 0) is 13.3 Å². The zero-order valence-corrected chi connectivity index (χ0v) is 10.2. The molecule has 0 amide bonds. The zero-order chi connectivity index (χ0) is 11.9. The Labute approximate surface area is 95.1 Å². The van der Waals surface area contributed by atoms with E-state index < -0.39 is 10.0 Å². The van der Waals surface area contributed by atoms with Crippen LogP contribution in [0.5, 0.6) is 0 Å². The molecule has 1 unspecified atom stereocenters. The summed E-state index contributed by atoms with van der Waals surface area (Å²) in [6, 6.07) is -0.0493. The number of aryl methyl sites for hydroxylation is 1. The van der Waals surface area contributed by atoms with Crippen molar-refractivity contribution in [3.05, 3.63) is 11.9 Å². The first kappa shape index (κ1) is 11.6. The average molecular weight is 244 g/mol. The van der Waals surface area contributed by atoms with E-state index in [0.29, 0.717) is 18.8 Å². The molecule has 0 radical (unpaired) electrons. The maximum Gasteiger partial charge on any atom is 0.246 e. The Morgan fingerprint density at radius 2 is 2.25 bits per heavy atom. The molecule has 1 aromatic heterocycles. The van der Waals surface area contributed by atoms with Gasteiger partial charge in [-0.3, -0.25) is 4.68 Å². The smallest absolute Gasteiger partial charge is 0.246 e. The molecule has 1 aliphatic heterocycles. The van der Waals surface area contributed by atoms with Crippen LogP contribution in [0.1, 0.15) is 12.1 Å². The van der Waals surface area contributed by atoms with Crippen LogP contribution in [0.3, 0.4) is 0 Å². The number of nitrogens with two attached hydrogens (primary N) is 1. The van der Waals surface area contributed by atoms with Gasteiger partial charge >= 0.3 is 0 Å². The van der Waals surface area contributed by atoms with Crippen molar-refractivity contribution in [3.63, 3.8) is 0 Å². The fourth-order valence-corrected chi connectivity index (χ4v) is 3.54. The van der Waals surface area contributed by atoms with E-state index in [9.17, 15) is 8.42 Å². The zero-order valence-electron chi connectivity index (χ0n) is 9.42. The molecule has 6 nitrogen and oxygen atoms in total. The molecule has 0 saturated carbocycles. The summed E-state index contributed by atoms with van der Waals surface area (Å²) in [5.41, 5.74) is 6.37. The highest BCUT2D eigenvalue weighted by Gasteiger charge is 2.32. The Morgan fingerprint density at radius 1 is 1.56 bits per heavy atom. The largest absolute Gasteiger partial charge is 0.326 e. The second-order valence-corrected chi connectivity index (χ2v) is 6.04. The molecule has 1 saturated heterocycles. The van der Waals surface area contributed by atoms with Gasteiger partial charge in [0.1, 0.15) is 4.90 Å². The van der Waals surface area contributed by atoms with Crippen LogP contribution in [0.4, 0.5) is 0 Å². The molecule has 16 heavy (non-hydrogen) atoms. The fourth-order valence-electron chi connectivity index (χ4n) is 1.84. The minimum Gasteiger partial charge on any atom is -0.326 e. The van der Waals surface area contributed by atoms with Gasteiger partial charge in [0.15, 0.2) is 0 Å². The summed E-state index contributed by atoms with van der Waals surface area (Å²) in [6.07, 6.45) is 2.12. The summed E-state index contributed by atoms with van der Waals surface area (Å²) in [4.78, 5) is 0.282. The lowest BCUT2D eigenvalue weighted by molar-refractivity contribution is 0.472. The monoisotopic (exact) mass is 244 g/mol. The fraction of sp³-hybridized carbons (Fsp3) is 0.667. The maximum absolute atomic E-state index is 12.2. The molecule has 1 fully saturated rings. The van der Waals surface area contributed by atoms with Gasteiger partial charge in [-0.1, -0.05) is 0 Å². The number of hydrogen-bond acceptors (Lipinski definition) is 4. The highest BCUT2D eigenvalue weighted by atomic mass is 32.2. The number of nitrogens with zero attached hydrogens (tertiary/aromatic N) is 3. The summed E-state index contributed by atoms with van der Waals surface area (Å²) in [5, 5.41) is 3.95. The van der Waals surface area contributed by atoms with Gasteiger partial charge in [0.2, 0.25) is 10.0 Å². The van der Waals surface area contributed by atoms with Crippen molar-refractivity contribution < 1.29 is 8.42 Å². The summed E-state index contributed by atoms with van der Waals surface area (Å²) in [7, 11) is -1.69. The van der Waals surface area contributed by atoms with Gasteiger partial charge in [-0.2, -0.15) is 9.40 Å². The van der Waals surface area contributed by atoms with Gasteiger partial charge in [-0.25, -0.2) is 8.42 Å². The van der Waals surface area contributed by atoms with E-state index in [1.807, 2.05) is 0 Å². The molecule has 7 heteroatoms. The first-order valence-corrected chi connectivity index (χ1v) is 6.61. The predicted octanol–water partition coefficient (Wildman–Crippen LogP) is -0.550. The quantitative estimate of drug-likeness (QED) is 0.757. The Morgan fingerprint density at radius 3 is 2.69 bits per heavy atom. The van der Waals surface area contributed by atoms with Crippen molar-refractivity contribution in [2.75, 3.05) is 13.1 Å². The van der Waals surface area contributed by atoms with E-state index in [1.165, 1.54) is 10.5 Å². The standard InChI is InChI=1S/C9H16N4O2S/c1-7-9(5-11-12(7)2)16(14,15)13-4-3-8(10)6-13/h5,8H,3-4,6,10H2,1-2H3. The first-order valence-electron chi connectivity index (χ1n) is 5.17. The maximum atomic E-state index is 12.2. The van der Waals surface area contributed by atoms with E-state index in [0.717, 1.165) is 6.42 Å². The lowest BCUT2D eigenvalue weighted by Gasteiger charge is -2.15. The third-order valence-corrected chi connectivity index (χ3v) is 4.96. The Hall–Kier alpha value is -0.920. The van der Waals surface area contributed by atoms with Crippen LogP contribution in [0.15, 0.2) is 11.1 Å². The molecule has 0 aliphatic carbocycles. The van der Waals surface area contributed by atoms with Crippen molar-refractivity contribution in [2.24, 2.45) is 12.8 Å². The Balaban J connectivity index is 2.36. The molecule has 0 spiro atoms. The van der Waals surface area contributed by atoms with Crippen LogP contribution in [-0.2, 0) is 17.1 Å². The molecule has 0 aromatic carbocycles. The normalized spacial score (nSPS) is 22.8. The number of hydrogen-bond donors (Lipinski definition) is 1. The summed E-state index contributed by atoms with van der Waals surface area (Å²) < 4.78 is 27.5. The molecular weight excluding hydrogens is 228 g/mol. The number of sulfonamides is 1. The third-order valence-electron chi connectivity index (χ3n) is 3.00.